The largest absolute Gasteiger partial charge is 0.336 e. The lowest BCUT2D eigenvalue weighted by Crippen LogP contribution is -2.34. The van der Waals surface area contributed by atoms with Crippen LogP contribution in [0.25, 0.3) is 0 Å². The van der Waals surface area contributed by atoms with Crippen LogP contribution in [0.2, 0.25) is 0 Å². The summed E-state index contributed by atoms with van der Waals surface area (Å²) in [6, 6.07) is 0. The third kappa shape index (κ3) is 5.44. The molecule has 0 radical (unpaired) electrons. The van der Waals surface area contributed by atoms with Gasteiger partial charge in [0.2, 0.25) is 0 Å². The number of amides is 2. The minimum absolute atomic E-state index is 0.120. The first kappa shape index (κ1) is 16.4. The van der Waals surface area contributed by atoms with Crippen LogP contribution in [0.5, 0.6) is 0 Å². The number of imide groups is 1. The van der Waals surface area contributed by atoms with E-state index in [1.807, 2.05) is 0 Å². The SMILES string of the molecule is CC(CSSC(C)(C)C)C(=O)ON1C(=O)CCC1=O. The summed E-state index contributed by atoms with van der Waals surface area (Å²) in [7, 11) is 3.27. The molecule has 7 heteroatoms. The molecule has 0 N–H and O–H groups in total. The predicted molar refractivity (Wildman–Crippen MR) is 76.1 cm³/mol. The van der Waals surface area contributed by atoms with Gasteiger partial charge in [-0.3, -0.25) is 9.59 Å². The second-order valence-corrected chi connectivity index (χ2v) is 8.54. The molecule has 2 amide bonds. The lowest BCUT2D eigenvalue weighted by molar-refractivity contribution is -0.199. The van der Waals surface area contributed by atoms with Crippen LogP contribution in [-0.4, -0.2) is 33.3 Å². The molecule has 1 aliphatic rings. The summed E-state index contributed by atoms with van der Waals surface area (Å²) in [5, 5.41) is 0.598. The summed E-state index contributed by atoms with van der Waals surface area (Å²) in [6.45, 7) is 8.00. The average molecular weight is 305 g/mol. The number of hydrogen-bond acceptors (Lipinski definition) is 6. The molecular formula is C12H19NO4S2. The molecule has 1 heterocycles. The van der Waals surface area contributed by atoms with Gasteiger partial charge in [-0.25, -0.2) is 4.79 Å². The molecule has 0 aromatic rings. The van der Waals surface area contributed by atoms with Crippen molar-refractivity contribution in [2.45, 2.75) is 45.3 Å². The molecule has 1 aliphatic heterocycles. The molecular weight excluding hydrogens is 286 g/mol. The Balaban J connectivity index is 2.36. The maximum atomic E-state index is 11.8. The lowest BCUT2D eigenvalue weighted by Gasteiger charge is -2.19. The Morgan fingerprint density at radius 2 is 1.84 bits per heavy atom. The number of hydrogen-bond donors (Lipinski definition) is 0. The topological polar surface area (TPSA) is 63.7 Å². The van der Waals surface area contributed by atoms with E-state index in [4.69, 9.17) is 4.84 Å². The van der Waals surface area contributed by atoms with E-state index in [9.17, 15) is 14.4 Å². The number of rotatable bonds is 5. The van der Waals surface area contributed by atoms with Gasteiger partial charge in [-0.15, -0.1) is 5.06 Å². The first-order valence-electron chi connectivity index (χ1n) is 6.09. The van der Waals surface area contributed by atoms with Crippen molar-refractivity contribution in [2.75, 3.05) is 5.75 Å². The van der Waals surface area contributed by atoms with Gasteiger partial charge in [-0.1, -0.05) is 49.3 Å². The molecule has 0 aromatic heterocycles. The second-order valence-electron chi connectivity index (χ2n) is 5.37. The molecule has 0 bridgehead atoms. The summed E-state index contributed by atoms with van der Waals surface area (Å²) in [6.07, 6.45) is 0.240. The zero-order valence-corrected chi connectivity index (χ0v) is 13.2. The zero-order chi connectivity index (χ0) is 14.6. The van der Waals surface area contributed by atoms with Crippen LogP contribution < -0.4 is 0 Å². The van der Waals surface area contributed by atoms with Crippen molar-refractivity contribution in [1.29, 1.82) is 0 Å². The smallest absolute Gasteiger partial charge is 0.330 e. The van der Waals surface area contributed by atoms with Gasteiger partial charge in [-0.2, -0.15) is 0 Å². The summed E-state index contributed by atoms with van der Waals surface area (Å²) in [5.74, 6) is -1.20. The van der Waals surface area contributed by atoms with E-state index in [0.717, 1.165) is 0 Å². The van der Waals surface area contributed by atoms with E-state index in [0.29, 0.717) is 10.8 Å². The van der Waals surface area contributed by atoms with E-state index in [1.54, 1.807) is 28.5 Å². The molecule has 0 saturated carbocycles. The monoisotopic (exact) mass is 305 g/mol. The highest BCUT2D eigenvalue weighted by atomic mass is 33.1. The fourth-order valence-corrected chi connectivity index (χ4v) is 3.86. The van der Waals surface area contributed by atoms with Gasteiger partial charge in [-0.05, 0) is 0 Å². The molecule has 1 atom stereocenters. The molecule has 1 rings (SSSR count). The van der Waals surface area contributed by atoms with Crippen molar-refractivity contribution in [2.24, 2.45) is 5.92 Å². The molecule has 19 heavy (non-hydrogen) atoms. The van der Waals surface area contributed by atoms with E-state index in [-0.39, 0.29) is 23.5 Å². The fraction of sp³-hybridized carbons (Fsp3) is 0.750. The molecule has 108 valence electrons. The van der Waals surface area contributed by atoms with Crippen LogP contribution in [0, 0.1) is 5.92 Å². The number of hydroxylamine groups is 2. The molecule has 0 aliphatic carbocycles. The van der Waals surface area contributed by atoms with Crippen LogP contribution in [-0.2, 0) is 19.2 Å². The second kappa shape index (κ2) is 6.65. The van der Waals surface area contributed by atoms with Crippen molar-refractivity contribution in [3.05, 3.63) is 0 Å². The van der Waals surface area contributed by atoms with E-state index in [1.165, 1.54) is 0 Å². The Labute approximate surface area is 121 Å². The van der Waals surface area contributed by atoms with Gasteiger partial charge in [0.1, 0.15) is 0 Å². The Hall–Kier alpha value is -0.690. The van der Waals surface area contributed by atoms with Gasteiger partial charge in [0.05, 0.1) is 5.92 Å². The molecule has 5 nitrogen and oxygen atoms in total. The first-order chi connectivity index (χ1) is 8.70. The minimum atomic E-state index is -0.536. The maximum absolute atomic E-state index is 11.8. The van der Waals surface area contributed by atoms with Gasteiger partial charge in [0.15, 0.2) is 0 Å². The third-order valence-corrected chi connectivity index (χ3v) is 5.73. The van der Waals surface area contributed by atoms with E-state index >= 15 is 0 Å². The number of carbonyl (C=O) groups excluding carboxylic acids is 3. The molecule has 0 aromatic carbocycles. The first-order valence-corrected chi connectivity index (χ1v) is 8.41. The van der Waals surface area contributed by atoms with Crippen molar-refractivity contribution in [3.63, 3.8) is 0 Å². The van der Waals surface area contributed by atoms with E-state index in [2.05, 4.69) is 20.8 Å². The highest BCUT2D eigenvalue weighted by Crippen LogP contribution is 2.36. The molecule has 0 spiro atoms. The van der Waals surface area contributed by atoms with Crippen LogP contribution in [0.4, 0.5) is 0 Å². The summed E-state index contributed by atoms with van der Waals surface area (Å²) in [4.78, 5) is 39.2. The van der Waals surface area contributed by atoms with Gasteiger partial charge in [0, 0.05) is 23.3 Å². The summed E-state index contributed by atoms with van der Waals surface area (Å²) < 4.78 is 0.120. The Kier molecular flexibility index (Phi) is 5.73. The summed E-state index contributed by atoms with van der Waals surface area (Å²) >= 11 is 0. The highest BCUT2D eigenvalue weighted by molar-refractivity contribution is 8.77. The van der Waals surface area contributed by atoms with Gasteiger partial charge < -0.3 is 4.84 Å². The maximum Gasteiger partial charge on any atom is 0.336 e. The zero-order valence-electron chi connectivity index (χ0n) is 11.6. The lowest BCUT2D eigenvalue weighted by atomic mass is 10.2. The molecule has 1 fully saturated rings. The summed E-state index contributed by atoms with van der Waals surface area (Å²) in [5.41, 5.74) is 0. The normalized spacial score (nSPS) is 17.8. The number of nitrogens with zero attached hydrogens (tertiary/aromatic N) is 1. The van der Waals surface area contributed by atoms with Gasteiger partial charge >= 0.3 is 5.97 Å². The van der Waals surface area contributed by atoms with Crippen LogP contribution in [0.3, 0.4) is 0 Å². The quantitative estimate of drug-likeness (QED) is 0.574. The molecule has 1 saturated heterocycles. The van der Waals surface area contributed by atoms with Crippen molar-refractivity contribution < 1.29 is 19.2 Å². The van der Waals surface area contributed by atoms with Crippen LogP contribution >= 0.6 is 21.6 Å². The molecule has 1 unspecified atom stereocenters. The van der Waals surface area contributed by atoms with Crippen LogP contribution in [0.15, 0.2) is 0 Å². The van der Waals surface area contributed by atoms with Crippen molar-refractivity contribution in [1.82, 2.24) is 5.06 Å². The Morgan fingerprint density at radius 1 is 1.32 bits per heavy atom. The van der Waals surface area contributed by atoms with Crippen molar-refractivity contribution in [3.8, 4) is 0 Å². The predicted octanol–water partition coefficient (Wildman–Crippen LogP) is 2.41. The average Bonchev–Trinajstić information content (AvgIpc) is 2.58. The third-order valence-electron chi connectivity index (χ3n) is 2.22. The standard InChI is InChI=1S/C12H19NO4S2/c1-8(7-18-19-12(2,3)4)11(16)17-13-9(14)5-6-10(13)15/h8H,5-7H2,1-4H3. The Morgan fingerprint density at radius 3 is 2.32 bits per heavy atom. The van der Waals surface area contributed by atoms with Crippen LogP contribution in [0.1, 0.15) is 40.5 Å². The van der Waals surface area contributed by atoms with Gasteiger partial charge in [0.25, 0.3) is 11.8 Å². The Bertz CT molecular complexity index is 362. The van der Waals surface area contributed by atoms with E-state index < -0.39 is 17.8 Å². The fourth-order valence-electron chi connectivity index (χ4n) is 1.22. The van der Waals surface area contributed by atoms with Crippen molar-refractivity contribution >= 4 is 39.4 Å². The highest BCUT2D eigenvalue weighted by Gasteiger charge is 2.34. The number of carbonyl (C=O) groups is 3. The minimum Gasteiger partial charge on any atom is -0.330 e.